The highest BCUT2D eigenvalue weighted by Crippen LogP contribution is 2.39. The zero-order valence-electron chi connectivity index (χ0n) is 10.3. The number of nitrogens with one attached hydrogen (secondary N) is 1. The van der Waals surface area contributed by atoms with Crippen LogP contribution in [0.2, 0.25) is 0 Å². The molecule has 1 amide bonds. The molecule has 0 saturated heterocycles. The maximum absolute atomic E-state index is 11.9. The summed E-state index contributed by atoms with van der Waals surface area (Å²) < 4.78 is 5.15. The topological polar surface area (TPSA) is 55.4 Å². The number of benzene rings is 2. The van der Waals surface area contributed by atoms with Crippen LogP contribution in [0.25, 0.3) is 11.1 Å². The number of hydrogen-bond acceptors (Lipinski definition) is 3. The molecule has 0 radical (unpaired) electrons. The van der Waals surface area contributed by atoms with Crippen molar-refractivity contribution in [3.8, 4) is 16.9 Å². The zero-order chi connectivity index (χ0) is 13.4. The van der Waals surface area contributed by atoms with Crippen molar-refractivity contribution >= 4 is 17.4 Å². The molecule has 94 valence electrons. The van der Waals surface area contributed by atoms with Crippen molar-refractivity contribution < 1.29 is 14.3 Å². The standard InChI is InChI=1S/C15H11NO3/c1-19-11-8-7-10(9-5-3-2-4-6-9)13-12(11)14(17)15(18)16-13/h2-8H,1H3,(H,16,17,18). The second-order valence-corrected chi connectivity index (χ2v) is 4.21. The predicted molar refractivity (Wildman–Crippen MR) is 71.4 cm³/mol. The number of methoxy groups -OCH3 is 1. The molecule has 4 nitrogen and oxygen atoms in total. The van der Waals surface area contributed by atoms with Crippen molar-refractivity contribution in [2.45, 2.75) is 0 Å². The Balaban J connectivity index is 2.26. The molecule has 1 aliphatic rings. The van der Waals surface area contributed by atoms with Crippen LogP contribution in [0.1, 0.15) is 10.4 Å². The molecule has 0 saturated carbocycles. The van der Waals surface area contributed by atoms with Crippen LogP contribution < -0.4 is 10.1 Å². The predicted octanol–water partition coefficient (Wildman–Crippen LogP) is 2.50. The van der Waals surface area contributed by atoms with E-state index in [0.29, 0.717) is 17.0 Å². The Morgan fingerprint density at radius 1 is 1.00 bits per heavy atom. The van der Waals surface area contributed by atoms with Gasteiger partial charge in [-0.05, 0) is 17.7 Å². The SMILES string of the molecule is COc1ccc(-c2ccccc2)c2c1C(=O)C(=O)N2. The lowest BCUT2D eigenvalue weighted by Gasteiger charge is -2.10. The number of amides is 1. The van der Waals surface area contributed by atoms with Gasteiger partial charge in [-0.3, -0.25) is 9.59 Å². The van der Waals surface area contributed by atoms with Gasteiger partial charge in [0, 0.05) is 5.56 Å². The minimum Gasteiger partial charge on any atom is -0.496 e. The molecule has 0 aliphatic carbocycles. The van der Waals surface area contributed by atoms with E-state index in [1.165, 1.54) is 7.11 Å². The summed E-state index contributed by atoms with van der Waals surface area (Å²) in [5, 5.41) is 2.62. The van der Waals surface area contributed by atoms with Crippen LogP contribution in [0.3, 0.4) is 0 Å². The Labute approximate surface area is 110 Å². The van der Waals surface area contributed by atoms with Crippen LogP contribution in [0.15, 0.2) is 42.5 Å². The molecule has 2 aromatic rings. The number of Topliss-reactive ketones (excluding diaryl/α,β-unsaturated/α-hetero) is 1. The molecule has 0 atom stereocenters. The van der Waals surface area contributed by atoms with Crippen molar-refractivity contribution in [2.75, 3.05) is 12.4 Å². The van der Waals surface area contributed by atoms with Gasteiger partial charge in [0.15, 0.2) is 0 Å². The number of fused-ring (bicyclic) bond motifs is 1. The third-order valence-corrected chi connectivity index (χ3v) is 3.14. The summed E-state index contributed by atoms with van der Waals surface area (Å²) in [4.78, 5) is 23.4. The molecule has 0 bridgehead atoms. The second-order valence-electron chi connectivity index (χ2n) is 4.21. The van der Waals surface area contributed by atoms with E-state index in [4.69, 9.17) is 4.74 Å². The second kappa shape index (κ2) is 4.24. The first-order chi connectivity index (χ1) is 9.22. The smallest absolute Gasteiger partial charge is 0.297 e. The number of ketones is 1. The van der Waals surface area contributed by atoms with Crippen LogP contribution in [-0.2, 0) is 4.79 Å². The van der Waals surface area contributed by atoms with E-state index < -0.39 is 11.7 Å². The van der Waals surface area contributed by atoms with Crippen LogP contribution in [-0.4, -0.2) is 18.8 Å². The average molecular weight is 253 g/mol. The lowest BCUT2D eigenvalue weighted by Crippen LogP contribution is -2.12. The van der Waals surface area contributed by atoms with Gasteiger partial charge in [-0.25, -0.2) is 0 Å². The summed E-state index contributed by atoms with van der Waals surface area (Å²) >= 11 is 0. The monoisotopic (exact) mass is 253 g/mol. The largest absolute Gasteiger partial charge is 0.496 e. The van der Waals surface area contributed by atoms with Crippen molar-refractivity contribution in [3.63, 3.8) is 0 Å². The van der Waals surface area contributed by atoms with E-state index >= 15 is 0 Å². The van der Waals surface area contributed by atoms with Gasteiger partial charge >= 0.3 is 0 Å². The summed E-state index contributed by atoms with van der Waals surface area (Å²) in [6.07, 6.45) is 0. The Kier molecular flexibility index (Phi) is 2.56. The Morgan fingerprint density at radius 2 is 1.74 bits per heavy atom. The number of carbonyl (C=O) groups excluding carboxylic acids is 2. The van der Waals surface area contributed by atoms with Gasteiger partial charge in [0.1, 0.15) is 5.75 Å². The van der Waals surface area contributed by atoms with Gasteiger partial charge in [0.25, 0.3) is 11.7 Å². The third-order valence-electron chi connectivity index (χ3n) is 3.14. The van der Waals surface area contributed by atoms with Crippen molar-refractivity contribution in [3.05, 3.63) is 48.0 Å². The molecule has 0 fully saturated rings. The molecular formula is C15H11NO3. The zero-order valence-corrected chi connectivity index (χ0v) is 10.3. The summed E-state index contributed by atoms with van der Waals surface area (Å²) in [7, 11) is 1.48. The lowest BCUT2D eigenvalue weighted by molar-refractivity contribution is -0.112. The first-order valence-electron chi connectivity index (χ1n) is 5.84. The quantitative estimate of drug-likeness (QED) is 0.836. The fourth-order valence-corrected chi connectivity index (χ4v) is 2.25. The maximum atomic E-state index is 11.9. The summed E-state index contributed by atoms with van der Waals surface area (Å²) in [5.74, 6) is -0.751. The van der Waals surface area contributed by atoms with E-state index in [9.17, 15) is 9.59 Å². The van der Waals surface area contributed by atoms with Crippen molar-refractivity contribution in [1.82, 2.24) is 0 Å². The molecular weight excluding hydrogens is 242 g/mol. The molecule has 1 N–H and O–H groups in total. The van der Waals surface area contributed by atoms with Crippen LogP contribution >= 0.6 is 0 Å². The molecule has 0 spiro atoms. The van der Waals surface area contributed by atoms with E-state index in [1.54, 1.807) is 6.07 Å². The van der Waals surface area contributed by atoms with Crippen molar-refractivity contribution in [2.24, 2.45) is 0 Å². The molecule has 1 heterocycles. The van der Waals surface area contributed by atoms with E-state index in [2.05, 4.69) is 5.32 Å². The first-order valence-corrected chi connectivity index (χ1v) is 5.84. The fourth-order valence-electron chi connectivity index (χ4n) is 2.25. The van der Waals surface area contributed by atoms with Gasteiger partial charge in [-0.2, -0.15) is 0 Å². The Bertz CT molecular complexity index is 677. The van der Waals surface area contributed by atoms with Gasteiger partial charge in [0.05, 0.1) is 18.4 Å². The molecule has 3 rings (SSSR count). The Morgan fingerprint density at radius 3 is 2.42 bits per heavy atom. The molecule has 19 heavy (non-hydrogen) atoms. The highest BCUT2D eigenvalue weighted by atomic mass is 16.5. The molecule has 4 heteroatoms. The summed E-state index contributed by atoms with van der Waals surface area (Å²) in [6, 6.07) is 13.1. The highest BCUT2D eigenvalue weighted by Gasteiger charge is 2.33. The van der Waals surface area contributed by atoms with Gasteiger partial charge < -0.3 is 10.1 Å². The first kappa shape index (κ1) is 11.5. The highest BCUT2D eigenvalue weighted by molar-refractivity contribution is 6.53. The lowest BCUT2D eigenvalue weighted by atomic mass is 9.99. The molecule has 0 aromatic heterocycles. The number of ether oxygens (including phenoxy) is 1. The minimum absolute atomic E-state index is 0.314. The Hall–Kier alpha value is -2.62. The summed E-state index contributed by atoms with van der Waals surface area (Å²) in [6.45, 7) is 0. The van der Waals surface area contributed by atoms with E-state index in [1.807, 2.05) is 36.4 Å². The van der Waals surface area contributed by atoms with Gasteiger partial charge in [-0.1, -0.05) is 30.3 Å². The van der Waals surface area contributed by atoms with Crippen molar-refractivity contribution in [1.29, 1.82) is 0 Å². The normalized spacial score (nSPS) is 13.1. The maximum Gasteiger partial charge on any atom is 0.297 e. The number of hydrogen-bond donors (Lipinski definition) is 1. The number of carbonyl (C=O) groups is 2. The van der Waals surface area contributed by atoms with Crippen LogP contribution in [0.5, 0.6) is 5.75 Å². The van der Waals surface area contributed by atoms with E-state index in [-0.39, 0.29) is 0 Å². The molecule has 2 aromatic carbocycles. The molecule has 0 unspecified atom stereocenters. The van der Waals surface area contributed by atoms with E-state index in [0.717, 1.165) is 11.1 Å². The van der Waals surface area contributed by atoms with Gasteiger partial charge in [-0.15, -0.1) is 0 Å². The number of rotatable bonds is 2. The van der Waals surface area contributed by atoms with Crippen LogP contribution in [0.4, 0.5) is 5.69 Å². The summed E-state index contributed by atoms with van der Waals surface area (Å²) in [5.41, 5.74) is 2.60. The van der Waals surface area contributed by atoms with Crippen LogP contribution in [0, 0.1) is 0 Å². The van der Waals surface area contributed by atoms with Gasteiger partial charge in [0.2, 0.25) is 0 Å². The molecule has 1 aliphatic heterocycles. The third kappa shape index (κ3) is 1.69. The fraction of sp³-hybridized carbons (Fsp3) is 0.0667. The number of anilines is 1. The average Bonchev–Trinajstić information content (AvgIpc) is 2.75. The minimum atomic E-state index is -0.614.